The van der Waals surface area contributed by atoms with E-state index in [1.54, 1.807) is 36.4 Å². The van der Waals surface area contributed by atoms with Crippen molar-refractivity contribution in [3.05, 3.63) is 83.9 Å². The third-order valence-electron chi connectivity index (χ3n) is 7.49. The molecule has 9 nitrogen and oxygen atoms in total. The van der Waals surface area contributed by atoms with Gasteiger partial charge in [0.15, 0.2) is 5.76 Å². The monoisotopic (exact) mass is 521 g/mol. The SMILES string of the molecule is Cn1cc(C=C2Oc3ccc(NC(=O)Nc4ccccc4)cc3C2=O)c2c(N3CC4CCC(C3)O4)ccnc21. The maximum Gasteiger partial charge on any atom is 0.323 e. The zero-order valence-corrected chi connectivity index (χ0v) is 21.4. The van der Waals surface area contributed by atoms with Crippen molar-refractivity contribution < 1.29 is 19.1 Å². The largest absolute Gasteiger partial charge is 0.452 e. The molecule has 2 atom stereocenters. The Labute approximate surface area is 225 Å². The van der Waals surface area contributed by atoms with Gasteiger partial charge in [0, 0.05) is 54.9 Å². The van der Waals surface area contributed by atoms with E-state index in [9.17, 15) is 9.59 Å². The summed E-state index contributed by atoms with van der Waals surface area (Å²) in [5.74, 6) is 0.466. The highest BCUT2D eigenvalue weighted by Crippen LogP contribution is 2.38. The van der Waals surface area contributed by atoms with Crippen molar-refractivity contribution in [3.63, 3.8) is 0 Å². The number of Topliss-reactive ketones (excluding diaryl/α,β-unsaturated/α-hetero) is 1. The minimum atomic E-state index is -0.393. The van der Waals surface area contributed by atoms with Gasteiger partial charge in [0.2, 0.25) is 5.78 Å². The number of benzene rings is 2. The predicted octanol–water partition coefficient (Wildman–Crippen LogP) is 5.20. The molecule has 5 heterocycles. The van der Waals surface area contributed by atoms with Crippen LogP contribution in [0.1, 0.15) is 28.8 Å². The quantitative estimate of drug-likeness (QED) is 0.358. The molecule has 2 saturated heterocycles. The van der Waals surface area contributed by atoms with Crippen molar-refractivity contribution in [2.75, 3.05) is 28.6 Å². The van der Waals surface area contributed by atoms with Crippen LogP contribution in [0, 0.1) is 0 Å². The van der Waals surface area contributed by atoms with Crippen LogP contribution in [0.2, 0.25) is 0 Å². The number of nitrogens with one attached hydrogen (secondary N) is 2. The number of ether oxygens (including phenoxy) is 2. The minimum Gasteiger partial charge on any atom is -0.452 e. The van der Waals surface area contributed by atoms with Crippen LogP contribution >= 0.6 is 0 Å². The molecule has 2 aromatic carbocycles. The lowest BCUT2D eigenvalue weighted by molar-refractivity contribution is 0.0306. The summed E-state index contributed by atoms with van der Waals surface area (Å²) in [7, 11) is 1.95. The molecule has 2 N–H and O–H groups in total. The molecule has 4 aromatic rings. The minimum absolute atomic E-state index is 0.232. The molecule has 0 spiro atoms. The zero-order valence-electron chi connectivity index (χ0n) is 21.4. The number of hydrogen-bond donors (Lipinski definition) is 2. The van der Waals surface area contributed by atoms with Gasteiger partial charge in [-0.3, -0.25) is 4.79 Å². The molecule has 0 radical (unpaired) electrons. The third kappa shape index (κ3) is 4.30. The first-order valence-corrected chi connectivity index (χ1v) is 13.1. The summed E-state index contributed by atoms with van der Waals surface area (Å²) in [4.78, 5) is 32.8. The average molecular weight is 522 g/mol. The first-order valence-electron chi connectivity index (χ1n) is 13.1. The van der Waals surface area contributed by atoms with Crippen molar-refractivity contribution in [2.45, 2.75) is 25.0 Å². The Balaban J connectivity index is 1.16. The topological polar surface area (TPSA) is 97.7 Å². The van der Waals surface area contributed by atoms with Crippen molar-refractivity contribution in [3.8, 4) is 5.75 Å². The van der Waals surface area contributed by atoms with E-state index in [4.69, 9.17) is 9.47 Å². The maximum absolute atomic E-state index is 13.4. The first-order chi connectivity index (χ1) is 19.0. The van der Waals surface area contributed by atoms with Gasteiger partial charge in [0.1, 0.15) is 11.4 Å². The van der Waals surface area contributed by atoms with Crippen molar-refractivity contribution in [1.29, 1.82) is 0 Å². The Bertz CT molecular complexity index is 1630. The number of pyridine rings is 1. The zero-order chi connectivity index (χ0) is 26.5. The van der Waals surface area contributed by atoms with Crippen LogP contribution in [0.3, 0.4) is 0 Å². The standard InChI is InChI=1S/C30H27N5O4/c1-34-15-18(27-24(11-12-31-29(27)34)35-16-21-8-9-22(17-35)38-21)13-26-28(36)23-14-20(7-10-25(23)39-26)33-30(37)32-19-5-3-2-4-6-19/h2-7,10-15,21-22H,8-9,16-17H2,1H3,(H2,32,33,37). The predicted molar refractivity (Wildman–Crippen MR) is 149 cm³/mol. The smallest absolute Gasteiger partial charge is 0.323 e. The molecular formula is C30H27N5O4. The van der Waals surface area contributed by atoms with E-state index in [1.807, 2.05) is 48.3 Å². The lowest BCUT2D eigenvalue weighted by Crippen LogP contribution is -2.42. The Morgan fingerprint density at radius 2 is 1.79 bits per heavy atom. The number of amides is 2. The van der Waals surface area contributed by atoms with Gasteiger partial charge in [-0.2, -0.15) is 0 Å². The van der Waals surface area contributed by atoms with Gasteiger partial charge in [-0.15, -0.1) is 0 Å². The summed E-state index contributed by atoms with van der Waals surface area (Å²) in [6.45, 7) is 1.68. The van der Waals surface area contributed by atoms with Crippen LogP contribution < -0.4 is 20.3 Å². The fourth-order valence-electron chi connectivity index (χ4n) is 5.73. The molecule has 2 fully saturated rings. The third-order valence-corrected chi connectivity index (χ3v) is 7.49. The molecule has 2 unspecified atom stereocenters. The van der Waals surface area contributed by atoms with E-state index in [-0.39, 0.29) is 23.8 Å². The van der Waals surface area contributed by atoms with E-state index in [0.29, 0.717) is 22.7 Å². The van der Waals surface area contributed by atoms with Crippen molar-refractivity contribution >= 4 is 46.0 Å². The number of nitrogens with zero attached hydrogens (tertiary/aromatic N) is 3. The number of para-hydroxylation sites is 1. The second-order valence-electron chi connectivity index (χ2n) is 10.2. The molecule has 9 heteroatoms. The van der Waals surface area contributed by atoms with Gasteiger partial charge >= 0.3 is 6.03 Å². The Morgan fingerprint density at radius 1 is 1.03 bits per heavy atom. The summed E-state index contributed by atoms with van der Waals surface area (Å²) >= 11 is 0. The summed E-state index contributed by atoms with van der Waals surface area (Å²) in [5.41, 5.74) is 4.38. The lowest BCUT2D eigenvalue weighted by Gasteiger charge is -2.34. The maximum atomic E-state index is 13.4. The number of aromatic nitrogens is 2. The van der Waals surface area contributed by atoms with Gasteiger partial charge in [0.25, 0.3) is 0 Å². The van der Waals surface area contributed by atoms with E-state index in [2.05, 4.69) is 20.5 Å². The Kier molecular flexibility index (Phi) is 5.59. The number of fused-ring (bicyclic) bond motifs is 4. The molecule has 0 aliphatic carbocycles. The molecule has 3 aliphatic rings. The number of aryl methyl sites for hydroxylation is 1. The molecule has 3 aliphatic heterocycles. The highest BCUT2D eigenvalue weighted by Gasteiger charge is 2.35. The van der Waals surface area contributed by atoms with E-state index >= 15 is 0 Å². The van der Waals surface area contributed by atoms with Gasteiger partial charge < -0.3 is 29.6 Å². The number of ketones is 1. The Hall–Kier alpha value is -4.63. The van der Waals surface area contributed by atoms with Crippen molar-refractivity contribution in [1.82, 2.24) is 9.55 Å². The van der Waals surface area contributed by atoms with Gasteiger partial charge in [-0.05, 0) is 55.3 Å². The van der Waals surface area contributed by atoms with Crippen LogP contribution in [0.5, 0.6) is 5.75 Å². The van der Waals surface area contributed by atoms with Crippen molar-refractivity contribution in [2.24, 2.45) is 7.05 Å². The van der Waals surface area contributed by atoms with Gasteiger partial charge in [-0.25, -0.2) is 9.78 Å². The van der Waals surface area contributed by atoms with Crippen LogP contribution in [0.25, 0.3) is 17.1 Å². The lowest BCUT2D eigenvalue weighted by atomic mass is 10.1. The summed E-state index contributed by atoms with van der Waals surface area (Å²) in [6, 6.07) is 15.9. The number of allylic oxidation sites excluding steroid dienone is 1. The fourth-order valence-corrected chi connectivity index (χ4v) is 5.73. The first kappa shape index (κ1) is 23.5. The highest BCUT2D eigenvalue weighted by atomic mass is 16.5. The number of urea groups is 1. The summed E-state index contributed by atoms with van der Waals surface area (Å²) in [6.07, 6.45) is 8.29. The fraction of sp³-hybridized carbons (Fsp3) is 0.233. The number of anilines is 3. The van der Waals surface area contributed by atoms with Crippen LogP contribution in [0.15, 0.2) is 72.8 Å². The molecular weight excluding hydrogens is 494 g/mol. The van der Waals surface area contributed by atoms with Gasteiger partial charge in [-0.1, -0.05) is 18.2 Å². The molecule has 39 heavy (non-hydrogen) atoms. The summed E-state index contributed by atoms with van der Waals surface area (Å²) in [5, 5.41) is 6.55. The van der Waals surface area contributed by atoms with E-state index < -0.39 is 6.03 Å². The molecule has 2 bridgehead atoms. The van der Waals surface area contributed by atoms with Crippen LogP contribution in [0.4, 0.5) is 21.9 Å². The number of carbonyl (C=O) groups excluding carboxylic acids is 2. The van der Waals surface area contributed by atoms with Crippen LogP contribution in [-0.2, 0) is 11.8 Å². The second-order valence-corrected chi connectivity index (χ2v) is 10.2. The van der Waals surface area contributed by atoms with Crippen LogP contribution in [-0.4, -0.2) is 46.7 Å². The Morgan fingerprint density at radius 3 is 2.59 bits per heavy atom. The number of morpholine rings is 1. The summed E-state index contributed by atoms with van der Waals surface area (Å²) < 4.78 is 14.0. The number of rotatable bonds is 4. The molecule has 0 saturated carbocycles. The normalized spacial score (nSPS) is 20.8. The second kappa shape index (κ2) is 9.28. The molecule has 2 aromatic heterocycles. The molecule has 7 rings (SSSR count). The number of hydrogen-bond acceptors (Lipinski definition) is 6. The molecule has 2 amide bonds. The van der Waals surface area contributed by atoms with E-state index in [0.717, 1.165) is 48.2 Å². The number of carbonyl (C=O) groups is 2. The highest BCUT2D eigenvalue weighted by molar-refractivity contribution is 6.16. The van der Waals surface area contributed by atoms with E-state index in [1.165, 1.54) is 0 Å². The molecule has 196 valence electrons. The average Bonchev–Trinajstić information content (AvgIpc) is 3.56. The van der Waals surface area contributed by atoms with Gasteiger partial charge in [0.05, 0.1) is 23.5 Å².